The number of carbonyl (C=O) groups excluding carboxylic acids is 2. The van der Waals surface area contributed by atoms with Crippen molar-refractivity contribution < 1.29 is 9.59 Å². The molecule has 2 amide bonds. The quantitative estimate of drug-likeness (QED) is 0.459. The summed E-state index contributed by atoms with van der Waals surface area (Å²) in [6.07, 6.45) is 2.06. The molecule has 0 spiro atoms. The third kappa shape index (κ3) is 3.06. The summed E-state index contributed by atoms with van der Waals surface area (Å²) < 4.78 is 0. The average Bonchev–Trinajstić information content (AvgIpc) is 2.19. The van der Waals surface area contributed by atoms with Gasteiger partial charge in [-0.15, -0.1) is 0 Å². The second kappa shape index (κ2) is 4.78. The number of primary amides is 1. The second-order valence-corrected chi connectivity index (χ2v) is 2.05. The zero-order chi connectivity index (χ0) is 7.98. The van der Waals surface area contributed by atoms with E-state index in [4.69, 9.17) is 4.79 Å². The number of hydrogen-bond acceptors (Lipinski definition) is 2. The summed E-state index contributed by atoms with van der Waals surface area (Å²) in [5, 5.41) is 0. The Morgan fingerprint density at radius 1 is 1.70 bits per heavy atom. The standard InChI is InChI=1S/C5H9NO.CH3NO/c1-6-4-2-3-5(6)7;2-1-3/h2-4H2,1H3;1H,(H2,2,3). The van der Waals surface area contributed by atoms with Crippen LogP contribution in [-0.2, 0) is 9.59 Å². The number of carbonyl (C=O) groups is 2. The summed E-state index contributed by atoms with van der Waals surface area (Å²) in [7, 11) is 1.84. The summed E-state index contributed by atoms with van der Waals surface area (Å²) in [4.78, 5) is 20.8. The molecule has 0 bridgehead atoms. The molecule has 4 nitrogen and oxygen atoms in total. The summed E-state index contributed by atoms with van der Waals surface area (Å²) >= 11 is 0. The minimum Gasteiger partial charge on any atom is -0.372 e. The van der Waals surface area contributed by atoms with Crippen LogP contribution in [0.4, 0.5) is 0 Å². The van der Waals surface area contributed by atoms with Crippen LogP contribution in [0.5, 0.6) is 0 Å². The molecule has 0 aromatic heterocycles. The maximum absolute atomic E-state index is 10.5. The molecule has 0 aromatic carbocycles. The second-order valence-electron chi connectivity index (χ2n) is 2.05. The predicted molar refractivity (Wildman–Crippen MR) is 37.1 cm³/mol. The Bertz CT molecular complexity index is 125. The van der Waals surface area contributed by atoms with Gasteiger partial charge < -0.3 is 10.6 Å². The number of nitrogens with two attached hydrogens (primary N) is 1. The number of rotatable bonds is 0. The summed E-state index contributed by atoms with van der Waals surface area (Å²) in [5.74, 6) is 0.292. The molecule has 58 valence electrons. The van der Waals surface area contributed by atoms with E-state index in [-0.39, 0.29) is 6.41 Å². The molecule has 1 rings (SSSR count). The van der Waals surface area contributed by atoms with Crippen LogP contribution < -0.4 is 5.73 Å². The maximum atomic E-state index is 10.5. The van der Waals surface area contributed by atoms with Gasteiger partial charge in [0.2, 0.25) is 12.3 Å². The number of likely N-dealkylation sites (tertiary alicyclic amines) is 1. The van der Waals surface area contributed by atoms with E-state index in [0.717, 1.165) is 19.4 Å². The Morgan fingerprint density at radius 3 is 2.30 bits per heavy atom. The first-order valence-corrected chi connectivity index (χ1v) is 3.11. The highest BCUT2D eigenvalue weighted by molar-refractivity contribution is 5.77. The number of amides is 2. The molecule has 0 unspecified atom stereocenters. The number of nitrogens with zero attached hydrogens (tertiary/aromatic N) is 1. The molecule has 1 aliphatic heterocycles. The molecule has 0 atom stereocenters. The van der Waals surface area contributed by atoms with Crippen LogP contribution in [0.1, 0.15) is 12.8 Å². The van der Waals surface area contributed by atoms with E-state index < -0.39 is 0 Å². The Hall–Kier alpha value is -1.06. The van der Waals surface area contributed by atoms with E-state index in [9.17, 15) is 4.79 Å². The van der Waals surface area contributed by atoms with Crippen molar-refractivity contribution >= 4 is 12.3 Å². The smallest absolute Gasteiger partial charge is 0.222 e. The van der Waals surface area contributed by atoms with Crippen LogP contribution in [-0.4, -0.2) is 30.8 Å². The fourth-order valence-electron chi connectivity index (χ4n) is 0.783. The van der Waals surface area contributed by atoms with E-state index >= 15 is 0 Å². The molecule has 0 aromatic rings. The topological polar surface area (TPSA) is 63.4 Å². The zero-order valence-corrected chi connectivity index (χ0v) is 6.04. The van der Waals surface area contributed by atoms with Gasteiger partial charge in [0.15, 0.2) is 0 Å². The van der Waals surface area contributed by atoms with Gasteiger partial charge in [-0.25, -0.2) is 0 Å². The molecule has 1 saturated heterocycles. The minimum atomic E-state index is 0.250. The normalized spacial score (nSPS) is 16.1. The summed E-state index contributed by atoms with van der Waals surface area (Å²) in [6.45, 7) is 0.957. The van der Waals surface area contributed by atoms with Gasteiger partial charge in [-0.3, -0.25) is 9.59 Å². The Morgan fingerprint density at radius 2 is 2.20 bits per heavy atom. The summed E-state index contributed by atoms with van der Waals surface area (Å²) in [5.41, 5.74) is 4.17. The van der Waals surface area contributed by atoms with E-state index in [1.807, 2.05) is 7.05 Å². The van der Waals surface area contributed by atoms with Crippen molar-refractivity contribution in [1.82, 2.24) is 4.90 Å². The van der Waals surface area contributed by atoms with Crippen LogP contribution in [0, 0.1) is 0 Å². The van der Waals surface area contributed by atoms with Crippen LogP contribution in [0.15, 0.2) is 0 Å². The molecule has 0 aliphatic carbocycles. The molecule has 1 heterocycles. The first-order chi connectivity index (χ1) is 4.72. The molecule has 1 fully saturated rings. The van der Waals surface area contributed by atoms with Crippen LogP contribution in [0.25, 0.3) is 0 Å². The minimum absolute atomic E-state index is 0.250. The molecular weight excluding hydrogens is 132 g/mol. The number of hydrogen-bond donors (Lipinski definition) is 1. The van der Waals surface area contributed by atoms with Gasteiger partial charge in [0.25, 0.3) is 0 Å². The van der Waals surface area contributed by atoms with Crippen molar-refractivity contribution in [3.8, 4) is 0 Å². The maximum Gasteiger partial charge on any atom is 0.222 e. The third-order valence-electron chi connectivity index (χ3n) is 1.31. The van der Waals surface area contributed by atoms with Gasteiger partial charge in [0, 0.05) is 20.0 Å². The highest BCUT2D eigenvalue weighted by Crippen LogP contribution is 2.04. The molecule has 0 radical (unpaired) electrons. The lowest BCUT2D eigenvalue weighted by Crippen LogP contribution is -2.17. The lowest BCUT2D eigenvalue weighted by atomic mass is 10.4. The van der Waals surface area contributed by atoms with Gasteiger partial charge in [-0.2, -0.15) is 0 Å². The van der Waals surface area contributed by atoms with Crippen molar-refractivity contribution in [2.45, 2.75) is 12.8 Å². The Balaban J connectivity index is 0.000000236. The Labute approximate surface area is 60.0 Å². The fourth-order valence-corrected chi connectivity index (χ4v) is 0.783. The van der Waals surface area contributed by atoms with E-state index in [1.54, 1.807) is 4.90 Å². The molecule has 0 saturated carbocycles. The van der Waals surface area contributed by atoms with Crippen LogP contribution in [0.3, 0.4) is 0 Å². The molecule has 4 heteroatoms. The van der Waals surface area contributed by atoms with Gasteiger partial charge in [0.05, 0.1) is 0 Å². The van der Waals surface area contributed by atoms with Crippen LogP contribution in [0.2, 0.25) is 0 Å². The zero-order valence-electron chi connectivity index (χ0n) is 6.04. The lowest BCUT2D eigenvalue weighted by Gasteiger charge is -2.03. The largest absolute Gasteiger partial charge is 0.372 e. The third-order valence-corrected chi connectivity index (χ3v) is 1.31. The lowest BCUT2D eigenvalue weighted by molar-refractivity contribution is -0.126. The Kier molecular flexibility index (Phi) is 4.28. The SMILES string of the molecule is CN1CCCC1=O.NC=O. The van der Waals surface area contributed by atoms with Crippen molar-refractivity contribution in [2.24, 2.45) is 5.73 Å². The van der Waals surface area contributed by atoms with E-state index in [1.165, 1.54) is 0 Å². The predicted octanol–water partition coefficient (Wildman–Crippen LogP) is -0.660. The highest BCUT2D eigenvalue weighted by atomic mass is 16.2. The molecule has 10 heavy (non-hydrogen) atoms. The van der Waals surface area contributed by atoms with Crippen molar-refractivity contribution in [3.05, 3.63) is 0 Å². The van der Waals surface area contributed by atoms with Crippen molar-refractivity contribution in [2.75, 3.05) is 13.6 Å². The van der Waals surface area contributed by atoms with Crippen LogP contribution >= 0.6 is 0 Å². The average molecular weight is 144 g/mol. The van der Waals surface area contributed by atoms with Gasteiger partial charge in [0.1, 0.15) is 0 Å². The van der Waals surface area contributed by atoms with Crippen molar-refractivity contribution in [3.63, 3.8) is 0 Å². The van der Waals surface area contributed by atoms with Crippen molar-refractivity contribution in [1.29, 1.82) is 0 Å². The monoisotopic (exact) mass is 144 g/mol. The molecule has 2 N–H and O–H groups in total. The molecular formula is C6H12N2O2. The highest BCUT2D eigenvalue weighted by Gasteiger charge is 2.14. The van der Waals surface area contributed by atoms with Gasteiger partial charge in [-0.05, 0) is 6.42 Å². The van der Waals surface area contributed by atoms with Gasteiger partial charge in [-0.1, -0.05) is 0 Å². The van der Waals surface area contributed by atoms with E-state index in [0.29, 0.717) is 5.91 Å². The first-order valence-electron chi connectivity index (χ1n) is 3.11. The molecule has 1 aliphatic rings. The first kappa shape index (κ1) is 8.94. The van der Waals surface area contributed by atoms with E-state index in [2.05, 4.69) is 5.73 Å². The summed E-state index contributed by atoms with van der Waals surface area (Å²) in [6, 6.07) is 0. The van der Waals surface area contributed by atoms with Gasteiger partial charge >= 0.3 is 0 Å². The fraction of sp³-hybridized carbons (Fsp3) is 0.667.